The van der Waals surface area contributed by atoms with Gasteiger partial charge in [-0.05, 0) is 11.6 Å². The number of hydrogen-bond acceptors (Lipinski definition) is 3. The van der Waals surface area contributed by atoms with E-state index < -0.39 is 16.0 Å². The van der Waals surface area contributed by atoms with Crippen molar-refractivity contribution in [1.82, 2.24) is 0 Å². The molecule has 5 heteroatoms. The Morgan fingerprint density at radius 3 is 2.43 bits per heavy atom. The second-order valence-electron chi connectivity index (χ2n) is 3.21. The fourth-order valence-electron chi connectivity index (χ4n) is 1.31. The summed E-state index contributed by atoms with van der Waals surface area (Å²) in [7, 11) is -4.00. The molecular formula is C9H12O4S. The summed E-state index contributed by atoms with van der Waals surface area (Å²) in [5, 5.41) is 9.40. The molecule has 14 heavy (non-hydrogen) atoms. The van der Waals surface area contributed by atoms with Crippen LogP contribution in [0.2, 0.25) is 0 Å². The van der Waals surface area contributed by atoms with E-state index in [1.165, 1.54) is 6.07 Å². The summed E-state index contributed by atoms with van der Waals surface area (Å²) in [5.41, 5.74) is 0.519. The minimum Gasteiger partial charge on any atom is -0.508 e. The number of benzene rings is 1. The molecule has 0 aliphatic rings. The van der Waals surface area contributed by atoms with Gasteiger partial charge in [0.05, 0.1) is 5.75 Å². The van der Waals surface area contributed by atoms with E-state index in [-0.39, 0.29) is 11.5 Å². The van der Waals surface area contributed by atoms with Gasteiger partial charge in [-0.2, -0.15) is 8.42 Å². The summed E-state index contributed by atoms with van der Waals surface area (Å²) in [4.78, 5) is 0. The molecule has 1 rings (SSSR count). The van der Waals surface area contributed by atoms with E-state index in [0.29, 0.717) is 5.56 Å². The van der Waals surface area contributed by atoms with Crippen molar-refractivity contribution in [1.29, 1.82) is 0 Å². The molecule has 78 valence electrons. The van der Waals surface area contributed by atoms with E-state index in [2.05, 4.69) is 0 Å². The molecule has 1 atom stereocenters. The zero-order chi connectivity index (χ0) is 10.8. The van der Waals surface area contributed by atoms with Crippen molar-refractivity contribution in [2.45, 2.75) is 12.8 Å². The molecule has 0 fully saturated rings. The maximum absolute atomic E-state index is 10.6. The lowest BCUT2D eigenvalue weighted by Crippen LogP contribution is -2.11. The molecule has 0 spiro atoms. The van der Waals surface area contributed by atoms with Gasteiger partial charge in [0, 0.05) is 5.92 Å². The fourth-order valence-corrected chi connectivity index (χ4v) is 2.12. The van der Waals surface area contributed by atoms with E-state index in [0.717, 1.165) is 0 Å². The number of rotatable bonds is 3. The van der Waals surface area contributed by atoms with Gasteiger partial charge >= 0.3 is 0 Å². The first-order valence-electron chi connectivity index (χ1n) is 4.13. The van der Waals surface area contributed by atoms with E-state index in [1.807, 2.05) is 0 Å². The molecule has 1 unspecified atom stereocenters. The van der Waals surface area contributed by atoms with Crippen LogP contribution in [-0.4, -0.2) is 23.8 Å². The molecule has 0 radical (unpaired) electrons. The monoisotopic (exact) mass is 216 g/mol. The Bertz CT molecular complexity index is 411. The van der Waals surface area contributed by atoms with Gasteiger partial charge in [0.25, 0.3) is 10.1 Å². The maximum Gasteiger partial charge on any atom is 0.265 e. The summed E-state index contributed by atoms with van der Waals surface area (Å²) in [5.74, 6) is -0.764. The highest BCUT2D eigenvalue weighted by atomic mass is 32.2. The molecule has 0 amide bonds. The highest BCUT2D eigenvalue weighted by molar-refractivity contribution is 7.85. The quantitative estimate of drug-likeness (QED) is 0.748. The van der Waals surface area contributed by atoms with E-state index in [9.17, 15) is 13.5 Å². The lowest BCUT2D eigenvalue weighted by Gasteiger charge is -2.10. The first-order chi connectivity index (χ1) is 6.40. The topological polar surface area (TPSA) is 74.6 Å². The van der Waals surface area contributed by atoms with Crippen LogP contribution in [-0.2, 0) is 10.1 Å². The molecule has 1 aromatic carbocycles. The molecule has 0 aromatic heterocycles. The molecule has 1 aromatic rings. The SMILES string of the molecule is CC(CS(=O)(=O)O)c1ccccc1O. The zero-order valence-corrected chi connectivity index (χ0v) is 8.53. The number of phenolic OH excluding ortho intramolecular Hbond substituents is 1. The van der Waals surface area contributed by atoms with E-state index >= 15 is 0 Å². The standard InChI is InChI=1S/C9H12O4S/c1-7(6-14(11,12)13)8-4-2-3-5-9(8)10/h2-5,7,10H,6H2,1H3,(H,11,12,13). The molecule has 0 aliphatic carbocycles. The van der Waals surface area contributed by atoms with E-state index in [4.69, 9.17) is 4.55 Å². The third-order valence-corrected chi connectivity index (χ3v) is 2.85. The summed E-state index contributed by atoms with van der Waals surface area (Å²) in [6.45, 7) is 1.63. The van der Waals surface area contributed by atoms with Crippen LogP contribution in [0, 0.1) is 0 Å². The largest absolute Gasteiger partial charge is 0.508 e. The highest BCUT2D eigenvalue weighted by Crippen LogP contribution is 2.25. The normalized spacial score (nSPS) is 13.9. The van der Waals surface area contributed by atoms with Crippen molar-refractivity contribution >= 4 is 10.1 Å². The van der Waals surface area contributed by atoms with Crippen LogP contribution in [0.25, 0.3) is 0 Å². The molecule has 0 saturated heterocycles. The van der Waals surface area contributed by atoms with Crippen molar-refractivity contribution in [3.05, 3.63) is 29.8 Å². The zero-order valence-electron chi connectivity index (χ0n) is 7.71. The van der Waals surface area contributed by atoms with Crippen molar-refractivity contribution in [2.75, 3.05) is 5.75 Å². The van der Waals surface area contributed by atoms with Crippen LogP contribution in [0.4, 0.5) is 0 Å². The van der Waals surface area contributed by atoms with Crippen LogP contribution in [0.5, 0.6) is 5.75 Å². The molecule has 0 aliphatic heterocycles. The molecule has 2 N–H and O–H groups in total. The van der Waals surface area contributed by atoms with Crippen molar-refractivity contribution < 1.29 is 18.1 Å². The van der Waals surface area contributed by atoms with Crippen LogP contribution >= 0.6 is 0 Å². The maximum atomic E-state index is 10.6. The Kier molecular flexibility index (Phi) is 3.13. The average molecular weight is 216 g/mol. The van der Waals surface area contributed by atoms with Gasteiger partial charge in [-0.3, -0.25) is 4.55 Å². The highest BCUT2D eigenvalue weighted by Gasteiger charge is 2.16. The fraction of sp³-hybridized carbons (Fsp3) is 0.333. The van der Waals surface area contributed by atoms with Crippen molar-refractivity contribution in [3.63, 3.8) is 0 Å². The number of para-hydroxylation sites is 1. The van der Waals surface area contributed by atoms with Crippen LogP contribution in [0.1, 0.15) is 18.4 Å². The van der Waals surface area contributed by atoms with Crippen LogP contribution in [0.15, 0.2) is 24.3 Å². The third kappa shape index (κ3) is 3.01. The Balaban J connectivity index is 2.90. The smallest absolute Gasteiger partial charge is 0.265 e. The first kappa shape index (κ1) is 11.0. The van der Waals surface area contributed by atoms with Gasteiger partial charge < -0.3 is 5.11 Å². The second-order valence-corrected chi connectivity index (χ2v) is 4.71. The molecule has 0 heterocycles. The third-order valence-electron chi connectivity index (χ3n) is 1.93. The van der Waals surface area contributed by atoms with Gasteiger partial charge in [-0.25, -0.2) is 0 Å². The lowest BCUT2D eigenvalue weighted by molar-refractivity contribution is 0.460. The predicted molar refractivity (Wildman–Crippen MR) is 52.9 cm³/mol. The molecule has 0 bridgehead atoms. The average Bonchev–Trinajstić information content (AvgIpc) is 2.01. The minimum absolute atomic E-state index is 0.0450. The van der Waals surface area contributed by atoms with Crippen molar-refractivity contribution in [2.24, 2.45) is 0 Å². The Hall–Kier alpha value is -1.07. The van der Waals surface area contributed by atoms with Gasteiger partial charge in [-0.1, -0.05) is 25.1 Å². The Morgan fingerprint density at radius 2 is 1.93 bits per heavy atom. The van der Waals surface area contributed by atoms with Crippen LogP contribution < -0.4 is 0 Å². The lowest BCUT2D eigenvalue weighted by atomic mass is 10.0. The minimum atomic E-state index is -4.00. The van der Waals surface area contributed by atoms with Gasteiger partial charge in [0.15, 0.2) is 0 Å². The Morgan fingerprint density at radius 1 is 1.36 bits per heavy atom. The van der Waals surface area contributed by atoms with Crippen molar-refractivity contribution in [3.8, 4) is 5.75 Å². The Labute approximate surface area is 82.9 Å². The molecule has 4 nitrogen and oxygen atoms in total. The number of aromatic hydroxyl groups is 1. The van der Waals surface area contributed by atoms with Crippen LogP contribution in [0.3, 0.4) is 0 Å². The van der Waals surface area contributed by atoms with Gasteiger partial charge in [0.1, 0.15) is 5.75 Å². The summed E-state index contributed by atoms with van der Waals surface area (Å²) in [6.07, 6.45) is 0. The number of phenols is 1. The first-order valence-corrected chi connectivity index (χ1v) is 5.74. The predicted octanol–water partition coefficient (Wildman–Crippen LogP) is 1.38. The van der Waals surface area contributed by atoms with E-state index in [1.54, 1.807) is 25.1 Å². The summed E-state index contributed by atoms with van der Waals surface area (Å²) < 4.78 is 29.8. The summed E-state index contributed by atoms with van der Waals surface area (Å²) in [6, 6.07) is 6.47. The molecular weight excluding hydrogens is 204 g/mol. The van der Waals surface area contributed by atoms with Gasteiger partial charge in [-0.15, -0.1) is 0 Å². The summed E-state index contributed by atoms with van der Waals surface area (Å²) >= 11 is 0. The number of hydrogen-bond donors (Lipinski definition) is 2. The second kappa shape index (κ2) is 3.98. The van der Waals surface area contributed by atoms with Gasteiger partial charge in [0.2, 0.25) is 0 Å². The molecule has 0 saturated carbocycles.